The van der Waals surface area contributed by atoms with Crippen molar-refractivity contribution >= 4 is 23.2 Å². The molecule has 0 radical (unpaired) electrons. The van der Waals surface area contributed by atoms with Gasteiger partial charge in [0.1, 0.15) is 4.49 Å². The second kappa shape index (κ2) is 10.3. The Morgan fingerprint density at radius 1 is 1.38 bits per heavy atom. The van der Waals surface area contributed by atoms with Crippen molar-refractivity contribution in [3.63, 3.8) is 0 Å². The van der Waals surface area contributed by atoms with Gasteiger partial charge in [-0.2, -0.15) is 0 Å². The van der Waals surface area contributed by atoms with Crippen LogP contribution in [0.15, 0.2) is 10.6 Å². The van der Waals surface area contributed by atoms with Crippen molar-refractivity contribution in [3.05, 3.63) is 10.6 Å². The molecule has 0 saturated heterocycles. The zero-order valence-corrected chi connectivity index (χ0v) is 7.05. The third kappa shape index (κ3) is 33.2. The van der Waals surface area contributed by atoms with Gasteiger partial charge in [0.15, 0.2) is 0 Å². The minimum atomic E-state index is 0.324. The maximum absolute atomic E-state index is 5.09. The second-order valence-corrected chi connectivity index (χ2v) is 2.29. The van der Waals surface area contributed by atoms with Gasteiger partial charge in [0.25, 0.3) is 0 Å². The van der Waals surface area contributed by atoms with Gasteiger partial charge in [-0.1, -0.05) is 49.5 Å². The van der Waals surface area contributed by atoms with Crippen LogP contribution in [0.1, 0.15) is 27.2 Å². The summed E-state index contributed by atoms with van der Waals surface area (Å²) >= 11 is 10.2. The molecular weight excluding hydrogens is 143 g/mol. The molecule has 0 aliphatic carbocycles. The molecule has 2 heteroatoms. The highest BCUT2D eigenvalue weighted by Crippen LogP contribution is 2.03. The van der Waals surface area contributed by atoms with E-state index in [2.05, 4.69) is 13.8 Å². The van der Waals surface area contributed by atoms with Crippen LogP contribution in [0.3, 0.4) is 0 Å². The Bertz CT molecular complexity index is 53.5. The molecule has 0 atom stereocenters. The van der Waals surface area contributed by atoms with E-state index in [9.17, 15) is 0 Å². The smallest absolute Gasteiger partial charge is 0.0713 e. The van der Waals surface area contributed by atoms with E-state index in [1.165, 1.54) is 6.42 Å². The Kier molecular flexibility index (Phi) is 14.4. The van der Waals surface area contributed by atoms with Crippen molar-refractivity contribution < 1.29 is 0 Å². The predicted octanol–water partition coefficient (Wildman–Crippen LogP) is 3.74. The van der Waals surface area contributed by atoms with E-state index in [-0.39, 0.29) is 0 Å². The van der Waals surface area contributed by atoms with Crippen molar-refractivity contribution in [1.82, 2.24) is 0 Å². The summed E-state index contributed by atoms with van der Waals surface area (Å²) in [5.41, 5.74) is 0. The number of hydrogen-bond donors (Lipinski definition) is 0. The van der Waals surface area contributed by atoms with E-state index in [0.29, 0.717) is 4.49 Å². The fraction of sp³-hybridized carbons (Fsp3) is 0.667. The van der Waals surface area contributed by atoms with Crippen LogP contribution in [0, 0.1) is 0 Å². The Morgan fingerprint density at radius 3 is 1.50 bits per heavy atom. The zero-order valence-electron chi connectivity index (χ0n) is 5.54. The van der Waals surface area contributed by atoms with Gasteiger partial charge in [-0.25, -0.2) is 0 Å². The molecule has 0 heterocycles. The molecule has 0 aromatic heterocycles. The lowest BCUT2D eigenvalue weighted by atomic mass is 10.6. The molecule has 0 aromatic carbocycles. The molecule has 8 heavy (non-hydrogen) atoms. The van der Waals surface area contributed by atoms with Gasteiger partial charge in [-0.3, -0.25) is 0 Å². The van der Waals surface area contributed by atoms with E-state index < -0.39 is 0 Å². The number of hydrogen-bond acceptors (Lipinski definition) is 0. The summed E-state index contributed by atoms with van der Waals surface area (Å²) in [4.78, 5) is 0. The first-order chi connectivity index (χ1) is 3.68. The summed E-state index contributed by atoms with van der Waals surface area (Å²) in [5.74, 6) is 0. The maximum atomic E-state index is 5.09. The molecule has 0 spiro atoms. The average molecular weight is 155 g/mol. The lowest BCUT2D eigenvalue weighted by Crippen LogP contribution is -1.38. The fourth-order valence-corrected chi connectivity index (χ4v) is 0. The highest BCUT2D eigenvalue weighted by atomic mass is 35.5. The van der Waals surface area contributed by atoms with Gasteiger partial charge in [0.05, 0.1) is 0 Å². The molecule has 0 rings (SSSR count). The summed E-state index contributed by atoms with van der Waals surface area (Å²) in [5, 5.41) is 0. The first-order valence-corrected chi connectivity index (χ1v) is 3.41. The molecule has 0 aliphatic rings. The molecule has 50 valence electrons. The highest BCUT2D eigenvalue weighted by Gasteiger charge is 1.68. The molecule has 0 unspecified atom stereocenters. The van der Waals surface area contributed by atoms with Crippen LogP contribution in [-0.4, -0.2) is 0 Å². The molecule has 0 fully saturated rings. The number of rotatable bonds is 0. The second-order valence-electron chi connectivity index (χ2n) is 1.29. The van der Waals surface area contributed by atoms with Crippen molar-refractivity contribution in [2.75, 3.05) is 0 Å². The van der Waals surface area contributed by atoms with Gasteiger partial charge in [0.2, 0.25) is 0 Å². The normalized spacial score (nSPS) is 6.62. The quantitative estimate of drug-likeness (QED) is 0.499. The molecule has 0 saturated carbocycles. The van der Waals surface area contributed by atoms with Crippen LogP contribution >= 0.6 is 23.2 Å². The monoisotopic (exact) mass is 154 g/mol. The molecule has 0 aromatic rings. The fourth-order valence-electron chi connectivity index (χ4n) is 0. The SMILES string of the molecule is CC=C(Cl)Cl.CCC. The van der Waals surface area contributed by atoms with Gasteiger partial charge < -0.3 is 0 Å². The maximum Gasteiger partial charge on any atom is 0.102 e. The Balaban J connectivity index is 0. The molecule has 0 nitrogen and oxygen atoms in total. The van der Waals surface area contributed by atoms with Gasteiger partial charge in [0, 0.05) is 0 Å². The van der Waals surface area contributed by atoms with Gasteiger partial charge >= 0.3 is 0 Å². The van der Waals surface area contributed by atoms with Crippen molar-refractivity contribution in [1.29, 1.82) is 0 Å². The van der Waals surface area contributed by atoms with Crippen molar-refractivity contribution in [2.24, 2.45) is 0 Å². The van der Waals surface area contributed by atoms with E-state index in [1.54, 1.807) is 13.0 Å². The van der Waals surface area contributed by atoms with Crippen molar-refractivity contribution in [3.8, 4) is 0 Å². The first kappa shape index (κ1) is 11.2. The van der Waals surface area contributed by atoms with Gasteiger partial charge in [-0.05, 0) is 6.92 Å². The summed E-state index contributed by atoms with van der Waals surface area (Å²) < 4.78 is 0.324. The Morgan fingerprint density at radius 2 is 1.50 bits per heavy atom. The van der Waals surface area contributed by atoms with E-state index >= 15 is 0 Å². The van der Waals surface area contributed by atoms with Crippen LogP contribution in [0.2, 0.25) is 0 Å². The summed E-state index contributed by atoms with van der Waals surface area (Å²) in [6, 6.07) is 0. The van der Waals surface area contributed by atoms with Crippen LogP contribution in [0.4, 0.5) is 0 Å². The highest BCUT2D eigenvalue weighted by molar-refractivity contribution is 6.55. The topological polar surface area (TPSA) is 0 Å². The molecule has 0 amide bonds. The van der Waals surface area contributed by atoms with Crippen LogP contribution in [-0.2, 0) is 0 Å². The average Bonchev–Trinajstić information content (AvgIpc) is 1.69. The van der Waals surface area contributed by atoms with Crippen LogP contribution in [0.5, 0.6) is 0 Å². The van der Waals surface area contributed by atoms with Crippen LogP contribution in [0.25, 0.3) is 0 Å². The van der Waals surface area contributed by atoms with Crippen molar-refractivity contribution in [2.45, 2.75) is 27.2 Å². The predicted molar refractivity (Wildman–Crippen MR) is 41.4 cm³/mol. The molecule has 0 bridgehead atoms. The third-order valence-corrected chi connectivity index (χ3v) is 0.655. The largest absolute Gasteiger partial charge is 0.102 e. The van der Waals surface area contributed by atoms with E-state index in [1.807, 2.05) is 0 Å². The molecular formula is C6H12Cl2. The molecule has 0 aliphatic heterocycles. The zero-order chi connectivity index (χ0) is 6.99. The van der Waals surface area contributed by atoms with E-state index in [0.717, 1.165) is 0 Å². The Hall–Kier alpha value is 0.320. The third-order valence-electron chi connectivity index (χ3n) is 0.218. The van der Waals surface area contributed by atoms with E-state index in [4.69, 9.17) is 23.2 Å². The summed E-state index contributed by atoms with van der Waals surface area (Å²) in [6.07, 6.45) is 2.86. The van der Waals surface area contributed by atoms with Crippen LogP contribution < -0.4 is 0 Å². The summed E-state index contributed by atoms with van der Waals surface area (Å²) in [6.45, 7) is 6.02. The molecule has 0 N–H and O–H groups in total. The number of halogens is 2. The van der Waals surface area contributed by atoms with Gasteiger partial charge in [-0.15, -0.1) is 0 Å². The minimum Gasteiger partial charge on any atom is -0.0713 e. The lowest BCUT2D eigenvalue weighted by Gasteiger charge is -1.66. The standard InChI is InChI=1S/C3H4Cl2.C3H8/c1-2-3(4)5;1-3-2/h2H,1H3;3H2,1-2H3. The summed E-state index contributed by atoms with van der Waals surface area (Å²) in [7, 11) is 0. The minimum absolute atomic E-state index is 0.324. The lowest BCUT2D eigenvalue weighted by molar-refractivity contribution is 1.09. The number of allylic oxidation sites excluding steroid dienone is 1. The first-order valence-electron chi connectivity index (χ1n) is 2.66. The Labute approximate surface area is 61.5 Å².